The van der Waals surface area contributed by atoms with E-state index in [1.54, 1.807) is 38.5 Å². The number of carbonyl (C=O) groups excluding carboxylic acids is 2. The molecule has 1 heterocycles. The van der Waals surface area contributed by atoms with Crippen LogP contribution in [-0.2, 0) is 0 Å². The summed E-state index contributed by atoms with van der Waals surface area (Å²) in [6.07, 6.45) is 1.46. The molecule has 3 aromatic rings. The second-order valence-electron chi connectivity index (χ2n) is 8.05. The van der Waals surface area contributed by atoms with E-state index in [4.69, 9.17) is 9.47 Å². The normalized spacial score (nSPS) is 13.9. The number of benzene rings is 3. The van der Waals surface area contributed by atoms with Crippen molar-refractivity contribution in [2.24, 2.45) is 0 Å². The predicted molar refractivity (Wildman–Crippen MR) is 128 cm³/mol. The molecule has 0 aliphatic carbocycles. The van der Waals surface area contributed by atoms with Crippen molar-refractivity contribution in [1.29, 1.82) is 0 Å². The molecule has 2 amide bonds. The topological polar surface area (TPSA) is 67.9 Å². The van der Waals surface area contributed by atoms with Gasteiger partial charge in [-0.2, -0.15) is 0 Å². The lowest BCUT2D eigenvalue weighted by Gasteiger charge is -2.32. The minimum Gasteiger partial charge on any atom is -0.497 e. The van der Waals surface area contributed by atoms with Crippen LogP contribution >= 0.6 is 0 Å². The maximum atomic E-state index is 13.0. The predicted octanol–water partition coefficient (Wildman–Crippen LogP) is 4.41. The summed E-state index contributed by atoms with van der Waals surface area (Å²) in [6.45, 7) is 1.22. The Kier molecular flexibility index (Phi) is 6.93. The highest BCUT2D eigenvalue weighted by molar-refractivity contribution is 5.95. The fourth-order valence-corrected chi connectivity index (χ4v) is 4.10. The fraction of sp³-hybridized carbons (Fsp3) is 0.259. The summed E-state index contributed by atoms with van der Waals surface area (Å²) in [5.74, 6) is 1.43. The summed E-state index contributed by atoms with van der Waals surface area (Å²) in [5, 5.41) is 3.08. The highest BCUT2D eigenvalue weighted by Crippen LogP contribution is 2.29. The number of piperidine rings is 1. The van der Waals surface area contributed by atoms with E-state index in [-0.39, 0.29) is 17.9 Å². The molecule has 4 rings (SSSR count). The molecule has 0 radical (unpaired) electrons. The van der Waals surface area contributed by atoms with Crippen LogP contribution in [0.3, 0.4) is 0 Å². The van der Waals surface area contributed by atoms with E-state index in [1.807, 2.05) is 53.4 Å². The molecule has 6 heteroatoms. The molecule has 0 unspecified atom stereocenters. The average molecular weight is 445 g/mol. The highest BCUT2D eigenvalue weighted by Gasteiger charge is 2.25. The fourth-order valence-electron chi connectivity index (χ4n) is 4.10. The number of amides is 2. The van der Waals surface area contributed by atoms with Gasteiger partial charge in [-0.3, -0.25) is 9.59 Å². The summed E-state index contributed by atoms with van der Waals surface area (Å²) < 4.78 is 10.6. The summed E-state index contributed by atoms with van der Waals surface area (Å²) in [7, 11) is 3.25. The lowest BCUT2D eigenvalue weighted by atomic mass is 10.0. The molecule has 0 spiro atoms. The van der Waals surface area contributed by atoms with Gasteiger partial charge in [-0.1, -0.05) is 30.3 Å². The molecule has 1 aliphatic heterocycles. The van der Waals surface area contributed by atoms with Gasteiger partial charge < -0.3 is 19.7 Å². The van der Waals surface area contributed by atoms with E-state index in [2.05, 4.69) is 5.32 Å². The number of nitrogens with one attached hydrogen (secondary N) is 1. The average Bonchev–Trinajstić information content (AvgIpc) is 2.89. The quantitative estimate of drug-likeness (QED) is 0.612. The van der Waals surface area contributed by atoms with Gasteiger partial charge in [0.1, 0.15) is 11.5 Å². The Morgan fingerprint density at radius 3 is 2.09 bits per heavy atom. The Balaban J connectivity index is 1.33. The first-order chi connectivity index (χ1) is 16.1. The van der Waals surface area contributed by atoms with Gasteiger partial charge in [0.25, 0.3) is 11.8 Å². The van der Waals surface area contributed by atoms with Gasteiger partial charge in [0.05, 0.1) is 14.2 Å². The molecular weight excluding hydrogens is 416 g/mol. The minimum atomic E-state index is -0.102. The van der Waals surface area contributed by atoms with Crippen molar-refractivity contribution in [3.05, 3.63) is 83.9 Å². The molecule has 1 aliphatic rings. The van der Waals surface area contributed by atoms with Crippen LogP contribution in [0.2, 0.25) is 0 Å². The zero-order valence-electron chi connectivity index (χ0n) is 18.9. The van der Waals surface area contributed by atoms with E-state index in [0.717, 1.165) is 29.7 Å². The van der Waals surface area contributed by atoms with E-state index < -0.39 is 0 Å². The zero-order chi connectivity index (χ0) is 23.2. The van der Waals surface area contributed by atoms with Crippen molar-refractivity contribution >= 4 is 11.8 Å². The first kappa shape index (κ1) is 22.4. The first-order valence-electron chi connectivity index (χ1n) is 11.1. The molecule has 0 bridgehead atoms. The van der Waals surface area contributed by atoms with Gasteiger partial charge in [0.2, 0.25) is 0 Å². The van der Waals surface area contributed by atoms with Crippen LogP contribution in [0, 0.1) is 0 Å². The summed E-state index contributed by atoms with van der Waals surface area (Å²) in [6, 6.07) is 22.6. The molecule has 1 N–H and O–H groups in total. The number of hydrogen-bond acceptors (Lipinski definition) is 4. The van der Waals surface area contributed by atoms with Crippen LogP contribution in [-0.4, -0.2) is 50.1 Å². The largest absolute Gasteiger partial charge is 0.497 e. The van der Waals surface area contributed by atoms with E-state index in [0.29, 0.717) is 30.0 Å². The van der Waals surface area contributed by atoms with Gasteiger partial charge in [-0.15, -0.1) is 0 Å². The number of rotatable bonds is 6. The maximum absolute atomic E-state index is 13.0. The van der Waals surface area contributed by atoms with Gasteiger partial charge in [-0.25, -0.2) is 0 Å². The number of methoxy groups -OCH3 is 2. The van der Waals surface area contributed by atoms with Gasteiger partial charge in [0.15, 0.2) is 0 Å². The first-order valence-corrected chi connectivity index (χ1v) is 11.1. The third-order valence-corrected chi connectivity index (χ3v) is 6.02. The molecule has 1 fully saturated rings. The Labute approximate surface area is 194 Å². The molecule has 33 heavy (non-hydrogen) atoms. The number of carbonyl (C=O) groups is 2. The second-order valence-corrected chi connectivity index (χ2v) is 8.05. The molecule has 0 aromatic heterocycles. The maximum Gasteiger partial charge on any atom is 0.253 e. The Bertz CT molecular complexity index is 1100. The van der Waals surface area contributed by atoms with Crippen molar-refractivity contribution in [2.45, 2.75) is 18.9 Å². The zero-order valence-corrected chi connectivity index (χ0v) is 18.9. The smallest absolute Gasteiger partial charge is 0.253 e. The summed E-state index contributed by atoms with van der Waals surface area (Å²) in [4.78, 5) is 27.3. The SMILES string of the molecule is COc1ccc(C(=O)NC2CCN(C(=O)c3ccc(-c4ccccc4OC)cc3)CC2)cc1. The summed E-state index contributed by atoms with van der Waals surface area (Å²) >= 11 is 0. The Morgan fingerprint density at radius 1 is 0.818 bits per heavy atom. The van der Waals surface area contributed by atoms with E-state index >= 15 is 0 Å². The van der Waals surface area contributed by atoms with Crippen LogP contribution in [0.25, 0.3) is 11.1 Å². The van der Waals surface area contributed by atoms with E-state index in [1.165, 1.54) is 0 Å². The molecule has 0 saturated carbocycles. The molecule has 1 saturated heterocycles. The van der Waals surface area contributed by atoms with Crippen LogP contribution in [0.4, 0.5) is 0 Å². The van der Waals surface area contributed by atoms with Gasteiger partial charge >= 0.3 is 0 Å². The number of para-hydroxylation sites is 1. The lowest BCUT2D eigenvalue weighted by molar-refractivity contribution is 0.0698. The van der Waals surface area contributed by atoms with Crippen LogP contribution in [0.1, 0.15) is 33.6 Å². The lowest BCUT2D eigenvalue weighted by Crippen LogP contribution is -2.46. The van der Waals surface area contributed by atoms with Crippen LogP contribution < -0.4 is 14.8 Å². The third kappa shape index (κ3) is 5.17. The van der Waals surface area contributed by atoms with Crippen molar-refractivity contribution in [3.8, 4) is 22.6 Å². The van der Waals surface area contributed by atoms with E-state index in [9.17, 15) is 9.59 Å². The van der Waals surface area contributed by atoms with Crippen LogP contribution in [0.5, 0.6) is 11.5 Å². The van der Waals surface area contributed by atoms with Crippen molar-refractivity contribution in [3.63, 3.8) is 0 Å². The second kappa shape index (κ2) is 10.2. The third-order valence-electron chi connectivity index (χ3n) is 6.02. The minimum absolute atomic E-state index is 0.0153. The molecular formula is C27H28N2O4. The van der Waals surface area contributed by atoms with Gasteiger partial charge in [-0.05, 0) is 60.9 Å². The van der Waals surface area contributed by atoms with Crippen LogP contribution in [0.15, 0.2) is 72.8 Å². The molecule has 0 atom stereocenters. The van der Waals surface area contributed by atoms with Gasteiger partial charge in [0, 0.05) is 35.8 Å². The van der Waals surface area contributed by atoms with Crippen molar-refractivity contribution in [1.82, 2.24) is 10.2 Å². The number of hydrogen-bond donors (Lipinski definition) is 1. The molecule has 3 aromatic carbocycles. The molecule has 170 valence electrons. The van der Waals surface area contributed by atoms with Crippen molar-refractivity contribution in [2.75, 3.05) is 27.3 Å². The summed E-state index contributed by atoms with van der Waals surface area (Å²) in [5.41, 5.74) is 3.26. The number of nitrogens with zero attached hydrogens (tertiary/aromatic N) is 1. The molecule has 6 nitrogen and oxygen atoms in total. The number of likely N-dealkylation sites (tertiary alicyclic amines) is 1. The Morgan fingerprint density at radius 2 is 1.45 bits per heavy atom. The van der Waals surface area contributed by atoms with Crippen molar-refractivity contribution < 1.29 is 19.1 Å². The standard InChI is InChI=1S/C27H28N2O4/c1-32-23-13-11-20(12-14-23)26(30)28-22-15-17-29(18-16-22)27(31)21-9-7-19(8-10-21)24-5-3-4-6-25(24)33-2/h3-14,22H,15-18H2,1-2H3,(H,28,30). The monoisotopic (exact) mass is 444 g/mol. The Hall–Kier alpha value is -3.80. The highest BCUT2D eigenvalue weighted by atomic mass is 16.5. The number of ether oxygens (including phenoxy) is 2.